The maximum Gasteiger partial charge on any atom is 0.252 e. The number of halogens is 1. The molecule has 0 aromatic heterocycles. The van der Waals surface area contributed by atoms with Crippen LogP contribution in [0.2, 0.25) is 0 Å². The van der Waals surface area contributed by atoms with Gasteiger partial charge in [0.25, 0.3) is 5.54 Å². The molecule has 1 heterocycles. The molecule has 2 heteroatoms. The molecule has 0 aliphatic carbocycles. The highest BCUT2D eigenvalue weighted by atomic mass is 79.9. The third-order valence-electron chi connectivity index (χ3n) is 2.96. The van der Waals surface area contributed by atoms with Crippen molar-refractivity contribution in [1.82, 2.24) is 0 Å². The fraction of sp³-hybridized carbons (Fsp3) is 0.385. The molecule has 0 radical (unpaired) electrons. The zero-order valence-corrected chi connectivity index (χ0v) is 10.8. The van der Waals surface area contributed by atoms with Gasteiger partial charge in [0.05, 0.1) is 0 Å². The first-order valence-corrected chi connectivity index (χ1v) is 6.66. The highest BCUT2D eigenvalue weighted by molar-refractivity contribution is 9.24. The van der Waals surface area contributed by atoms with Crippen LogP contribution < -0.4 is 0 Å². The van der Waals surface area contributed by atoms with Crippen LogP contribution in [-0.2, 0) is 6.32 Å². The fourth-order valence-corrected chi connectivity index (χ4v) is 2.84. The first kappa shape index (κ1) is 11.0. The van der Waals surface area contributed by atoms with Gasteiger partial charge in [0.15, 0.2) is 0 Å². The summed E-state index contributed by atoms with van der Waals surface area (Å²) >= 11 is 3.71. The van der Waals surface area contributed by atoms with E-state index < -0.39 is 0 Å². The summed E-state index contributed by atoms with van der Waals surface area (Å²) in [6, 6.07) is 8.80. The minimum atomic E-state index is 0.527. The van der Waals surface area contributed by atoms with Crippen LogP contribution >= 0.6 is 15.8 Å². The highest BCUT2D eigenvalue weighted by Crippen LogP contribution is 2.30. The van der Waals surface area contributed by atoms with E-state index >= 15 is 0 Å². The van der Waals surface area contributed by atoms with Crippen molar-refractivity contribution in [3.63, 3.8) is 0 Å². The number of rotatable bonds is 3. The Hall–Kier alpha value is -0.495. The molecule has 0 spiro atoms. The second kappa shape index (κ2) is 5.02. The predicted octanol–water partition coefficient (Wildman–Crippen LogP) is 4.28. The van der Waals surface area contributed by atoms with Crippen molar-refractivity contribution < 1.29 is 0 Å². The van der Waals surface area contributed by atoms with Crippen molar-refractivity contribution in [2.45, 2.75) is 32.5 Å². The minimum absolute atomic E-state index is 0.527. The largest absolute Gasteiger partial charge is 0.252 e. The summed E-state index contributed by atoms with van der Waals surface area (Å²) in [5.41, 5.74) is 5.02. The molecule has 0 fully saturated rings. The van der Waals surface area contributed by atoms with E-state index in [1.807, 2.05) is 0 Å². The molecule has 0 N–H and O–H groups in total. The van der Waals surface area contributed by atoms with E-state index in [0.717, 1.165) is 6.32 Å². The standard InChI is InChI=1S/C13H16BBr/c1-2-3-6-11-9-14(15)10-12-7-4-5-8-13(11)12/h4-5,7-9H,2-3,6,10H2,1H3. The number of fused-ring (bicyclic) bond motifs is 1. The first-order valence-electron chi connectivity index (χ1n) is 5.74. The molecule has 0 atom stereocenters. The van der Waals surface area contributed by atoms with Crippen LogP contribution in [-0.4, -0.2) is 5.54 Å². The van der Waals surface area contributed by atoms with Gasteiger partial charge in [-0.3, -0.25) is 0 Å². The van der Waals surface area contributed by atoms with E-state index in [-0.39, 0.29) is 0 Å². The fourth-order valence-electron chi connectivity index (χ4n) is 2.17. The van der Waals surface area contributed by atoms with Crippen LogP contribution in [0.5, 0.6) is 0 Å². The van der Waals surface area contributed by atoms with Crippen LogP contribution in [0.1, 0.15) is 37.3 Å². The normalized spacial score (nSPS) is 14.8. The number of benzene rings is 1. The Bertz CT molecular complexity index is 371. The maximum atomic E-state index is 3.71. The smallest absolute Gasteiger partial charge is 0.150 e. The van der Waals surface area contributed by atoms with Crippen LogP contribution in [0, 0.1) is 0 Å². The second-order valence-electron chi connectivity index (χ2n) is 4.17. The summed E-state index contributed by atoms with van der Waals surface area (Å²) in [7, 11) is 0. The zero-order chi connectivity index (χ0) is 10.7. The van der Waals surface area contributed by atoms with Crippen molar-refractivity contribution >= 4 is 26.9 Å². The van der Waals surface area contributed by atoms with Crippen molar-refractivity contribution in [3.05, 3.63) is 41.4 Å². The second-order valence-corrected chi connectivity index (χ2v) is 5.35. The lowest BCUT2D eigenvalue weighted by molar-refractivity contribution is 0.823. The van der Waals surface area contributed by atoms with Crippen LogP contribution in [0.3, 0.4) is 0 Å². The summed E-state index contributed by atoms with van der Waals surface area (Å²) in [4.78, 5) is 0. The molecule has 0 saturated carbocycles. The summed E-state index contributed by atoms with van der Waals surface area (Å²) in [5, 5.41) is 0. The SMILES string of the molecule is CCCCC1=CB(Br)Cc2ccccc21. The van der Waals surface area contributed by atoms with E-state index in [9.17, 15) is 0 Å². The third kappa shape index (κ3) is 2.54. The zero-order valence-electron chi connectivity index (χ0n) is 9.17. The first-order chi connectivity index (χ1) is 7.31. The van der Waals surface area contributed by atoms with E-state index in [4.69, 9.17) is 0 Å². The quantitative estimate of drug-likeness (QED) is 0.714. The van der Waals surface area contributed by atoms with Gasteiger partial charge < -0.3 is 0 Å². The molecule has 0 unspecified atom stereocenters. The van der Waals surface area contributed by atoms with Gasteiger partial charge in [-0.2, -0.15) is 15.8 Å². The average Bonchev–Trinajstić information content (AvgIpc) is 2.25. The number of hydrogen-bond donors (Lipinski definition) is 0. The molecule has 1 aliphatic rings. The lowest BCUT2D eigenvalue weighted by Crippen LogP contribution is -2.13. The molecule has 0 amide bonds. The number of allylic oxidation sites excluding steroid dienone is 1. The van der Waals surface area contributed by atoms with Crippen LogP contribution in [0.15, 0.2) is 30.2 Å². The molecule has 1 aliphatic heterocycles. The number of unbranched alkanes of at least 4 members (excludes halogenated alkanes) is 1. The van der Waals surface area contributed by atoms with Gasteiger partial charge in [0, 0.05) is 0 Å². The molecular weight excluding hydrogens is 247 g/mol. The van der Waals surface area contributed by atoms with Gasteiger partial charge >= 0.3 is 0 Å². The van der Waals surface area contributed by atoms with E-state index in [0.29, 0.717) is 5.54 Å². The summed E-state index contributed by atoms with van der Waals surface area (Å²) in [6.45, 7) is 2.25. The highest BCUT2D eigenvalue weighted by Gasteiger charge is 2.18. The Morgan fingerprint density at radius 2 is 2.13 bits per heavy atom. The third-order valence-corrected chi connectivity index (χ3v) is 3.55. The Morgan fingerprint density at radius 1 is 1.33 bits per heavy atom. The van der Waals surface area contributed by atoms with Gasteiger partial charge in [-0.1, -0.05) is 49.2 Å². The van der Waals surface area contributed by atoms with E-state index in [1.54, 1.807) is 0 Å². The minimum Gasteiger partial charge on any atom is -0.150 e. The molecule has 2 rings (SSSR count). The number of hydrogen-bond acceptors (Lipinski definition) is 0. The van der Waals surface area contributed by atoms with E-state index in [1.165, 1.54) is 36.0 Å². The van der Waals surface area contributed by atoms with Crippen molar-refractivity contribution in [1.29, 1.82) is 0 Å². The monoisotopic (exact) mass is 262 g/mol. The Kier molecular flexibility index (Phi) is 3.68. The van der Waals surface area contributed by atoms with Gasteiger partial charge in [0.1, 0.15) is 0 Å². The van der Waals surface area contributed by atoms with Crippen LogP contribution in [0.4, 0.5) is 0 Å². The molecule has 1 aromatic carbocycles. The maximum absolute atomic E-state index is 3.71. The Labute approximate surface area is 101 Å². The molecular formula is C13H16BBr. The van der Waals surface area contributed by atoms with Crippen molar-refractivity contribution in [2.24, 2.45) is 0 Å². The summed E-state index contributed by atoms with van der Waals surface area (Å²) in [6.07, 6.45) is 4.91. The predicted molar refractivity (Wildman–Crippen MR) is 72.3 cm³/mol. The van der Waals surface area contributed by atoms with Gasteiger partial charge in [-0.05, 0) is 30.3 Å². The molecule has 15 heavy (non-hydrogen) atoms. The Balaban J connectivity index is 2.27. The lowest BCUT2D eigenvalue weighted by atomic mass is 9.64. The molecule has 0 saturated heterocycles. The van der Waals surface area contributed by atoms with Crippen LogP contribution in [0.25, 0.3) is 5.57 Å². The van der Waals surface area contributed by atoms with Gasteiger partial charge in [-0.25, -0.2) is 0 Å². The lowest BCUT2D eigenvalue weighted by Gasteiger charge is -2.19. The molecule has 1 aromatic rings. The molecule has 0 nitrogen and oxygen atoms in total. The topological polar surface area (TPSA) is 0 Å². The molecule has 0 bridgehead atoms. The average molecular weight is 263 g/mol. The Morgan fingerprint density at radius 3 is 2.93 bits per heavy atom. The summed E-state index contributed by atoms with van der Waals surface area (Å²) < 4.78 is 0. The van der Waals surface area contributed by atoms with E-state index in [2.05, 4.69) is 52.9 Å². The molecule has 78 valence electrons. The van der Waals surface area contributed by atoms with Crippen molar-refractivity contribution in [3.8, 4) is 0 Å². The van der Waals surface area contributed by atoms with Gasteiger partial charge in [-0.15, -0.1) is 0 Å². The summed E-state index contributed by atoms with van der Waals surface area (Å²) in [5.74, 6) is 2.39. The van der Waals surface area contributed by atoms with Crippen molar-refractivity contribution in [2.75, 3.05) is 0 Å². The van der Waals surface area contributed by atoms with Gasteiger partial charge in [0.2, 0.25) is 0 Å².